The Morgan fingerprint density at radius 1 is 1.14 bits per heavy atom. The molecule has 0 radical (unpaired) electrons. The number of nitrogens with one attached hydrogen (secondary N) is 1. The number of aromatic nitrogens is 4. The molecule has 0 spiro atoms. The highest BCUT2D eigenvalue weighted by Gasteiger charge is 2.16. The monoisotopic (exact) mass is 467 g/mol. The third-order valence-electron chi connectivity index (χ3n) is 4.19. The van der Waals surface area contributed by atoms with E-state index in [9.17, 15) is 14.4 Å². The Balaban J connectivity index is 1.66. The van der Waals surface area contributed by atoms with Gasteiger partial charge in [0.25, 0.3) is 11.5 Å². The summed E-state index contributed by atoms with van der Waals surface area (Å²) in [6.45, 7) is 0. The number of hydrogen-bond acceptors (Lipinski definition) is 7. The zero-order valence-electron chi connectivity index (χ0n) is 14.9. The van der Waals surface area contributed by atoms with Crippen molar-refractivity contribution < 1.29 is 4.79 Å². The molecule has 1 amide bonds. The number of hydrogen-bond donors (Lipinski definition) is 1. The highest BCUT2D eigenvalue weighted by Crippen LogP contribution is 2.39. The Hall–Kier alpha value is -2.53. The van der Waals surface area contributed by atoms with Gasteiger partial charge in [-0.25, -0.2) is 14.8 Å². The summed E-state index contributed by atoms with van der Waals surface area (Å²) in [5.41, 5.74) is 0.463. The smallest absolute Gasteiger partial charge is 0.296 e. The number of nitrogens with zero attached hydrogens (tertiary/aromatic N) is 4. The van der Waals surface area contributed by atoms with Crippen molar-refractivity contribution in [1.29, 1.82) is 0 Å². The lowest BCUT2D eigenvalue weighted by Gasteiger charge is -2.08. The molecule has 4 aromatic rings. The highest BCUT2D eigenvalue weighted by molar-refractivity contribution is 7.20. The molecule has 0 saturated carbocycles. The molecular weight excluding hydrogens is 457 g/mol. The van der Waals surface area contributed by atoms with E-state index in [2.05, 4.69) is 15.3 Å². The first-order valence-electron chi connectivity index (χ1n) is 8.05. The SMILES string of the molecule is Cn1c(=O)c2ccc(C(=O)Nc3nc(-c4cc(Cl)sc4Cl)cs3)nc2n(C)c1=O. The molecule has 0 aliphatic heterocycles. The number of fused-ring (bicyclic) bond motifs is 1. The lowest BCUT2D eigenvalue weighted by molar-refractivity contribution is 0.102. The van der Waals surface area contributed by atoms with Crippen molar-refractivity contribution in [2.24, 2.45) is 14.1 Å². The van der Waals surface area contributed by atoms with Crippen LogP contribution in [0.15, 0.2) is 33.2 Å². The largest absolute Gasteiger partial charge is 0.332 e. The van der Waals surface area contributed by atoms with Crippen LogP contribution in [0.4, 0.5) is 5.13 Å². The zero-order chi connectivity index (χ0) is 20.9. The van der Waals surface area contributed by atoms with Gasteiger partial charge in [0.15, 0.2) is 5.13 Å². The van der Waals surface area contributed by atoms with E-state index in [-0.39, 0.29) is 16.7 Å². The van der Waals surface area contributed by atoms with E-state index < -0.39 is 17.2 Å². The molecule has 12 heteroatoms. The van der Waals surface area contributed by atoms with Gasteiger partial charge in [-0.2, -0.15) is 0 Å². The molecule has 0 fully saturated rings. The lowest BCUT2D eigenvalue weighted by Crippen LogP contribution is -2.37. The fraction of sp³-hybridized carbons (Fsp3) is 0.118. The number of rotatable bonds is 3. The number of carbonyl (C=O) groups excluding carboxylic acids is 1. The topological polar surface area (TPSA) is 98.9 Å². The Kier molecular flexibility index (Phi) is 5.03. The average molecular weight is 468 g/mol. The molecule has 8 nitrogen and oxygen atoms in total. The number of halogens is 2. The summed E-state index contributed by atoms with van der Waals surface area (Å²) in [7, 11) is 2.87. The van der Waals surface area contributed by atoms with Crippen molar-refractivity contribution in [2.45, 2.75) is 0 Å². The second-order valence-corrected chi connectivity index (χ2v) is 9.15. The van der Waals surface area contributed by atoms with Crippen LogP contribution in [0.3, 0.4) is 0 Å². The Labute approximate surface area is 181 Å². The first kappa shape index (κ1) is 19.8. The van der Waals surface area contributed by atoms with Crippen LogP contribution in [-0.2, 0) is 14.1 Å². The van der Waals surface area contributed by atoms with Crippen LogP contribution >= 0.6 is 45.9 Å². The van der Waals surface area contributed by atoms with Gasteiger partial charge < -0.3 is 0 Å². The summed E-state index contributed by atoms with van der Waals surface area (Å²) >= 11 is 14.6. The number of aryl methyl sites for hydroxylation is 1. The number of amides is 1. The van der Waals surface area contributed by atoms with Gasteiger partial charge in [-0.3, -0.25) is 24.0 Å². The van der Waals surface area contributed by atoms with Crippen LogP contribution in [-0.4, -0.2) is 25.0 Å². The average Bonchev–Trinajstić information content (AvgIpc) is 3.29. The molecule has 0 saturated heterocycles. The maximum absolute atomic E-state index is 12.6. The van der Waals surface area contributed by atoms with Crippen molar-refractivity contribution in [3.8, 4) is 11.3 Å². The van der Waals surface area contributed by atoms with Gasteiger partial charge in [0, 0.05) is 25.0 Å². The third-order valence-corrected chi connectivity index (χ3v) is 6.44. The summed E-state index contributed by atoms with van der Waals surface area (Å²) in [5.74, 6) is -0.518. The van der Waals surface area contributed by atoms with Gasteiger partial charge in [0.2, 0.25) is 0 Å². The van der Waals surface area contributed by atoms with Gasteiger partial charge in [-0.05, 0) is 18.2 Å². The minimum absolute atomic E-state index is 0.0501. The standard InChI is InChI=1S/C17H11Cl2N5O3S2/c1-23-13-7(15(26)24(2)17(23)27)3-4-9(20-13)14(25)22-16-21-10(6-28-16)8-5-11(18)29-12(8)19/h3-6H,1-2H3,(H,21,22,25). The number of carbonyl (C=O) groups is 1. The summed E-state index contributed by atoms with van der Waals surface area (Å²) in [5, 5.41) is 5.01. The Morgan fingerprint density at radius 3 is 2.59 bits per heavy atom. The van der Waals surface area contributed by atoms with Gasteiger partial charge in [-0.1, -0.05) is 23.2 Å². The number of thiophene rings is 1. The fourth-order valence-corrected chi connectivity index (χ4v) is 4.90. The summed E-state index contributed by atoms with van der Waals surface area (Å²) in [6.07, 6.45) is 0. The second-order valence-electron chi connectivity index (χ2n) is 6.00. The number of anilines is 1. The summed E-state index contributed by atoms with van der Waals surface area (Å²) in [4.78, 5) is 45.5. The van der Waals surface area contributed by atoms with E-state index in [1.807, 2.05) is 0 Å². The minimum Gasteiger partial charge on any atom is -0.296 e. The van der Waals surface area contributed by atoms with E-state index in [1.54, 1.807) is 11.4 Å². The molecular formula is C17H11Cl2N5O3S2. The van der Waals surface area contributed by atoms with Crippen LogP contribution in [0, 0.1) is 0 Å². The van der Waals surface area contributed by atoms with E-state index >= 15 is 0 Å². The molecule has 0 aliphatic rings. The first-order chi connectivity index (χ1) is 13.8. The number of pyridine rings is 1. The van der Waals surface area contributed by atoms with Crippen LogP contribution in [0.1, 0.15) is 10.5 Å². The maximum atomic E-state index is 12.6. The molecule has 0 atom stereocenters. The van der Waals surface area contributed by atoms with Gasteiger partial charge in [0.05, 0.1) is 15.4 Å². The Morgan fingerprint density at radius 2 is 1.90 bits per heavy atom. The van der Waals surface area contributed by atoms with Crippen molar-refractivity contribution >= 4 is 67.9 Å². The molecule has 29 heavy (non-hydrogen) atoms. The third kappa shape index (κ3) is 3.48. The first-order valence-corrected chi connectivity index (χ1v) is 10.5. The van der Waals surface area contributed by atoms with Crippen LogP contribution in [0.5, 0.6) is 0 Å². The van der Waals surface area contributed by atoms with Crippen LogP contribution in [0.25, 0.3) is 22.3 Å². The summed E-state index contributed by atoms with van der Waals surface area (Å²) < 4.78 is 3.26. The molecule has 0 aliphatic carbocycles. The van der Waals surface area contributed by atoms with Crippen LogP contribution < -0.4 is 16.6 Å². The molecule has 0 bridgehead atoms. The van der Waals surface area contributed by atoms with E-state index in [0.29, 0.717) is 25.1 Å². The van der Waals surface area contributed by atoms with Gasteiger partial charge in [-0.15, -0.1) is 22.7 Å². The fourth-order valence-electron chi connectivity index (χ4n) is 2.71. The predicted octanol–water partition coefficient (Wildman–Crippen LogP) is 3.38. The van der Waals surface area contributed by atoms with Gasteiger partial charge in [0.1, 0.15) is 15.7 Å². The predicted molar refractivity (Wildman–Crippen MR) is 116 cm³/mol. The Bertz CT molecular complexity index is 1400. The highest BCUT2D eigenvalue weighted by atomic mass is 35.5. The lowest BCUT2D eigenvalue weighted by atomic mass is 10.2. The van der Waals surface area contributed by atoms with Gasteiger partial charge >= 0.3 is 5.69 Å². The second kappa shape index (κ2) is 7.38. The van der Waals surface area contributed by atoms with Crippen molar-refractivity contribution in [3.05, 3.63) is 58.8 Å². The molecule has 0 unspecified atom stereocenters. The summed E-state index contributed by atoms with van der Waals surface area (Å²) in [6, 6.07) is 4.61. The molecule has 0 aromatic carbocycles. The molecule has 4 aromatic heterocycles. The normalized spacial score (nSPS) is 11.2. The number of thiazole rings is 1. The molecule has 1 N–H and O–H groups in total. The van der Waals surface area contributed by atoms with Crippen molar-refractivity contribution in [1.82, 2.24) is 19.1 Å². The molecule has 4 rings (SSSR count). The molecule has 4 heterocycles. The van der Waals surface area contributed by atoms with E-state index in [0.717, 1.165) is 4.57 Å². The molecule has 148 valence electrons. The van der Waals surface area contributed by atoms with E-state index in [4.69, 9.17) is 23.2 Å². The minimum atomic E-state index is -0.525. The van der Waals surface area contributed by atoms with Crippen molar-refractivity contribution in [3.63, 3.8) is 0 Å². The zero-order valence-corrected chi connectivity index (χ0v) is 18.0. The van der Waals surface area contributed by atoms with E-state index in [1.165, 1.54) is 53.5 Å². The quantitative estimate of drug-likeness (QED) is 0.497. The van der Waals surface area contributed by atoms with Crippen LogP contribution in [0.2, 0.25) is 8.67 Å². The maximum Gasteiger partial charge on any atom is 0.332 e. The van der Waals surface area contributed by atoms with Crippen molar-refractivity contribution in [2.75, 3.05) is 5.32 Å².